The van der Waals surface area contributed by atoms with Crippen molar-refractivity contribution in [1.82, 2.24) is 0 Å². The standard InChI is InChI=1S/C10H10BrClFN/c11-7-4-6(8(12)5-9(7)13)10(14)2-1-3-10/h4-5H,1-3,14H2. The Morgan fingerprint density at radius 2 is 2.07 bits per heavy atom. The van der Waals surface area contributed by atoms with E-state index in [2.05, 4.69) is 15.9 Å². The highest BCUT2D eigenvalue weighted by Crippen LogP contribution is 2.42. The second kappa shape index (κ2) is 3.47. The van der Waals surface area contributed by atoms with Crippen molar-refractivity contribution in [2.75, 3.05) is 0 Å². The highest BCUT2D eigenvalue weighted by Gasteiger charge is 2.36. The fraction of sp³-hybridized carbons (Fsp3) is 0.400. The first-order chi connectivity index (χ1) is 6.53. The van der Waals surface area contributed by atoms with Gasteiger partial charge in [-0.25, -0.2) is 4.39 Å². The Kier molecular flexibility index (Phi) is 2.58. The zero-order valence-corrected chi connectivity index (χ0v) is 9.83. The molecular formula is C10H10BrClFN. The topological polar surface area (TPSA) is 26.0 Å². The maximum Gasteiger partial charge on any atom is 0.138 e. The Morgan fingerprint density at radius 1 is 1.43 bits per heavy atom. The molecule has 1 aromatic rings. The van der Waals surface area contributed by atoms with Crippen LogP contribution in [-0.2, 0) is 5.54 Å². The molecule has 0 heterocycles. The minimum absolute atomic E-state index is 0.340. The summed E-state index contributed by atoms with van der Waals surface area (Å²) in [4.78, 5) is 0. The number of hydrogen-bond donors (Lipinski definition) is 1. The lowest BCUT2D eigenvalue weighted by Gasteiger charge is -2.39. The fourth-order valence-electron chi connectivity index (χ4n) is 1.73. The average molecular weight is 279 g/mol. The van der Waals surface area contributed by atoms with Gasteiger partial charge in [-0.05, 0) is 52.9 Å². The van der Waals surface area contributed by atoms with Crippen molar-refractivity contribution in [1.29, 1.82) is 0 Å². The quantitative estimate of drug-likeness (QED) is 0.781. The van der Waals surface area contributed by atoms with E-state index in [1.807, 2.05) is 0 Å². The van der Waals surface area contributed by atoms with E-state index in [4.69, 9.17) is 17.3 Å². The van der Waals surface area contributed by atoms with Crippen LogP contribution in [0.1, 0.15) is 24.8 Å². The Labute approximate surface area is 95.6 Å². The van der Waals surface area contributed by atoms with Crippen LogP contribution in [0.2, 0.25) is 5.02 Å². The average Bonchev–Trinajstić information content (AvgIpc) is 2.07. The van der Waals surface area contributed by atoms with Gasteiger partial charge in [-0.15, -0.1) is 0 Å². The SMILES string of the molecule is NC1(c2cc(Br)c(F)cc2Cl)CCC1. The number of benzene rings is 1. The van der Waals surface area contributed by atoms with Gasteiger partial charge in [0.25, 0.3) is 0 Å². The van der Waals surface area contributed by atoms with Gasteiger partial charge in [0.2, 0.25) is 0 Å². The molecule has 0 unspecified atom stereocenters. The minimum atomic E-state index is -0.346. The third kappa shape index (κ3) is 1.58. The monoisotopic (exact) mass is 277 g/mol. The van der Waals surface area contributed by atoms with Gasteiger partial charge < -0.3 is 5.73 Å². The summed E-state index contributed by atoms with van der Waals surface area (Å²) in [6, 6.07) is 3.00. The van der Waals surface area contributed by atoms with Crippen molar-refractivity contribution in [3.8, 4) is 0 Å². The zero-order valence-electron chi connectivity index (χ0n) is 7.49. The van der Waals surface area contributed by atoms with Crippen LogP contribution in [0.3, 0.4) is 0 Å². The summed E-state index contributed by atoms with van der Waals surface area (Å²) in [6.45, 7) is 0. The van der Waals surface area contributed by atoms with E-state index >= 15 is 0 Å². The number of rotatable bonds is 1. The second-order valence-corrected chi connectivity index (χ2v) is 5.02. The van der Waals surface area contributed by atoms with Gasteiger partial charge >= 0.3 is 0 Å². The third-order valence-electron chi connectivity index (χ3n) is 2.79. The molecule has 76 valence electrons. The molecule has 0 bridgehead atoms. The summed E-state index contributed by atoms with van der Waals surface area (Å²) in [5, 5.41) is 0.424. The lowest BCUT2D eigenvalue weighted by molar-refractivity contribution is 0.253. The maximum atomic E-state index is 13.1. The van der Waals surface area contributed by atoms with Crippen LogP contribution in [0, 0.1) is 5.82 Å². The molecule has 0 radical (unpaired) electrons. The van der Waals surface area contributed by atoms with Crippen LogP contribution >= 0.6 is 27.5 Å². The van der Waals surface area contributed by atoms with E-state index in [1.165, 1.54) is 6.07 Å². The Balaban J connectivity index is 2.48. The highest BCUT2D eigenvalue weighted by atomic mass is 79.9. The van der Waals surface area contributed by atoms with Crippen LogP contribution in [0.25, 0.3) is 0 Å². The lowest BCUT2D eigenvalue weighted by atomic mass is 9.73. The maximum absolute atomic E-state index is 13.1. The predicted octanol–water partition coefficient (Wildman–Crippen LogP) is 3.58. The minimum Gasteiger partial charge on any atom is -0.321 e. The summed E-state index contributed by atoms with van der Waals surface area (Å²) in [5.41, 5.74) is 6.62. The summed E-state index contributed by atoms with van der Waals surface area (Å²) >= 11 is 9.09. The smallest absolute Gasteiger partial charge is 0.138 e. The third-order valence-corrected chi connectivity index (χ3v) is 3.71. The van der Waals surface area contributed by atoms with Crippen LogP contribution < -0.4 is 5.73 Å². The first-order valence-electron chi connectivity index (χ1n) is 4.47. The van der Waals surface area contributed by atoms with E-state index < -0.39 is 0 Å². The van der Waals surface area contributed by atoms with Crippen LogP contribution in [0.4, 0.5) is 4.39 Å². The molecule has 2 rings (SSSR count). The number of nitrogens with two attached hydrogens (primary N) is 1. The first kappa shape index (κ1) is 10.4. The van der Waals surface area contributed by atoms with Gasteiger partial charge in [0.15, 0.2) is 0 Å². The molecule has 0 atom stereocenters. The molecule has 0 aliphatic heterocycles. The van der Waals surface area contributed by atoms with E-state index in [1.54, 1.807) is 6.07 Å². The normalized spacial score (nSPS) is 19.1. The van der Waals surface area contributed by atoms with Gasteiger partial charge in [-0.3, -0.25) is 0 Å². The molecule has 0 saturated heterocycles. The Bertz CT molecular complexity index is 377. The summed E-state index contributed by atoms with van der Waals surface area (Å²) in [7, 11) is 0. The molecule has 1 aliphatic rings. The molecule has 0 amide bonds. The fourth-order valence-corrected chi connectivity index (χ4v) is 2.41. The highest BCUT2D eigenvalue weighted by molar-refractivity contribution is 9.10. The Morgan fingerprint density at radius 3 is 2.57 bits per heavy atom. The zero-order chi connectivity index (χ0) is 10.3. The van der Waals surface area contributed by atoms with E-state index in [-0.39, 0.29) is 11.4 Å². The van der Waals surface area contributed by atoms with Gasteiger partial charge in [0.05, 0.1) is 4.47 Å². The second-order valence-electron chi connectivity index (χ2n) is 3.76. The lowest BCUT2D eigenvalue weighted by Crippen LogP contribution is -2.43. The molecule has 1 aliphatic carbocycles. The first-order valence-corrected chi connectivity index (χ1v) is 5.64. The van der Waals surface area contributed by atoms with Gasteiger partial charge in [-0.2, -0.15) is 0 Å². The van der Waals surface area contributed by atoms with Crippen molar-refractivity contribution < 1.29 is 4.39 Å². The van der Waals surface area contributed by atoms with Crippen LogP contribution in [0.15, 0.2) is 16.6 Å². The van der Waals surface area contributed by atoms with E-state index in [0.29, 0.717) is 9.50 Å². The number of hydrogen-bond acceptors (Lipinski definition) is 1. The van der Waals surface area contributed by atoms with E-state index in [9.17, 15) is 4.39 Å². The molecule has 4 heteroatoms. The van der Waals surface area contributed by atoms with Crippen molar-refractivity contribution in [2.45, 2.75) is 24.8 Å². The molecule has 1 aromatic carbocycles. The van der Waals surface area contributed by atoms with Crippen molar-refractivity contribution in [3.63, 3.8) is 0 Å². The van der Waals surface area contributed by atoms with Crippen LogP contribution in [-0.4, -0.2) is 0 Å². The van der Waals surface area contributed by atoms with E-state index in [0.717, 1.165) is 24.8 Å². The largest absolute Gasteiger partial charge is 0.321 e. The molecule has 0 aromatic heterocycles. The summed E-state index contributed by atoms with van der Waals surface area (Å²) in [6.07, 6.45) is 2.96. The molecule has 2 N–H and O–H groups in total. The molecule has 1 fully saturated rings. The van der Waals surface area contributed by atoms with Crippen molar-refractivity contribution in [3.05, 3.63) is 33.0 Å². The van der Waals surface area contributed by atoms with Crippen molar-refractivity contribution >= 4 is 27.5 Å². The summed E-state index contributed by atoms with van der Waals surface area (Å²) in [5.74, 6) is -0.346. The van der Waals surface area contributed by atoms with Crippen LogP contribution in [0.5, 0.6) is 0 Å². The molecular weight excluding hydrogens is 268 g/mol. The molecule has 14 heavy (non-hydrogen) atoms. The summed E-state index contributed by atoms with van der Waals surface area (Å²) < 4.78 is 13.5. The van der Waals surface area contributed by atoms with Gasteiger partial charge in [0.1, 0.15) is 5.82 Å². The van der Waals surface area contributed by atoms with Crippen molar-refractivity contribution in [2.24, 2.45) is 5.73 Å². The molecule has 1 saturated carbocycles. The van der Waals surface area contributed by atoms with Gasteiger partial charge in [-0.1, -0.05) is 11.6 Å². The van der Waals surface area contributed by atoms with Gasteiger partial charge in [0, 0.05) is 10.6 Å². The molecule has 1 nitrogen and oxygen atoms in total. The predicted molar refractivity (Wildman–Crippen MR) is 58.8 cm³/mol. The Hall–Kier alpha value is -0.120. The molecule has 0 spiro atoms. The number of halogens is 3.